The Bertz CT molecular complexity index is 2490. The fourth-order valence-electron chi connectivity index (χ4n) is 5.79. The number of carbonyl (C=O) groups excluding carboxylic acids is 2. The molecule has 0 aliphatic carbocycles. The van der Waals surface area contributed by atoms with Gasteiger partial charge in [0.2, 0.25) is 0 Å². The maximum absolute atomic E-state index is 14.1. The molecule has 6 aromatic rings. The van der Waals surface area contributed by atoms with E-state index in [2.05, 4.69) is 5.32 Å². The second-order valence-corrected chi connectivity index (χ2v) is 13.8. The molecule has 58 heavy (non-hydrogen) atoms. The number of carboxylic acid groups (broad SMARTS) is 1. The molecule has 0 saturated heterocycles. The van der Waals surface area contributed by atoms with Crippen molar-refractivity contribution in [1.82, 2.24) is 4.57 Å². The number of halogens is 6. The van der Waals surface area contributed by atoms with Gasteiger partial charge in [-0.25, -0.2) is 22.4 Å². The van der Waals surface area contributed by atoms with Crippen molar-refractivity contribution in [2.24, 2.45) is 0 Å². The average molecular weight is 836 g/mol. The number of rotatable bonds is 14. The molecule has 0 bridgehead atoms. The molecule has 8 nitrogen and oxygen atoms in total. The van der Waals surface area contributed by atoms with Crippen LogP contribution in [0.5, 0.6) is 11.5 Å². The highest BCUT2D eigenvalue weighted by molar-refractivity contribution is 6.31. The van der Waals surface area contributed by atoms with Crippen LogP contribution in [0.1, 0.15) is 57.3 Å². The Labute approximate surface area is 341 Å². The number of nitrogens with zero attached hydrogens (tertiary/aromatic N) is 1. The van der Waals surface area contributed by atoms with Gasteiger partial charge in [-0.15, -0.1) is 0 Å². The molecule has 14 heteroatoms. The lowest BCUT2D eigenvalue weighted by Gasteiger charge is -2.17. The average Bonchev–Trinajstić information content (AvgIpc) is 3.57. The number of aromatic nitrogens is 1. The van der Waals surface area contributed by atoms with Crippen molar-refractivity contribution in [3.63, 3.8) is 0 Å². The lowest BCUT2D eigenvalue weighted by atomic mass is 10.0. The first-order chi connectivity index (χ1) is 27.6. The Morgan fingerprint density at radius 3 is 1.86 bits per heavy atom. The van der Waals surface area contributed by atoms with Crippen LogP contribution in [0.15, 0.2) is 103 Å². The summed E-state index contributed by atoms with van der Waals surface area (Å²) in [5, 5.41) is 13.4. The molecule has 0 unspecified atom stereocenters. The predicted octanol–water partition coefficient (Wildman–Crippen LogP) is 11.5. The summed E-state index contributed by atoms with van der Waals surface area (Å²) in [6, 6.07) is 24.8. The predicted molar refractivity (Wildman–Crippen MR) is 215 cm³/mol. The molecule has 5 aromatic carbocycles. The van der Waals surface area contributed by atoms with E-state index in [1.54, 1.807) is 43.4 Å². The molecule has 0 saturated carbocycles. The molecule has 1 heterocycles. The number of benzene rings is 5. The van der Waals surface area contributed by atoms with Gasteiger partial charge in [0.25, 0.3) is 0 Å². The van der Waals surface area contributed by atoms with Crippen LogP contribution in [0.25, 0.3) is 16.9 Å². The number of ether oxygens (including phenoxy) is 2. The number of nitrogens with one attached hydrogen (secondary N) is 1. The van der Waals surface area contributed by atoms with Gasteiger partial charge in [-0.2, -0.15) is 0 Å². The molecule has 0 atom stereocenters. The zero-order valence-electron chi connectivity index (χ0n) is 31.3. The minimum atomic E-state index is -1.04. The molecule has 0 fully saturated rings. The number of carboxylic acids is 1. The summed E-state index contributed by atoms with van der Waals surface area (Å²) in [7, 11) is 1.71. The van der Waals surface area contributed by atoms with Crippen LogP contribution in [-0.2, 0) is 18.0 Å². The van der Waals surface area contributed by atoms with E-state index in [0.717, 1.165) is 23.9 Å². The molecule has 1 aromatic heterocycles. The van der Waals surface area contributed by atoms with Crippen molar-refractivity contribution in [3.8, 4) is 28.4 Å². The van der Waals surface area contributed by atoms with Gasteiger partial charge in [-0.1, -0.05) is 23.2 Å². The zero-order chi connectivity index (χ0) is 42.1. The van der Waals surface area contributed by atoms with E-state index in [0.29, 0.717) is 38.4 Å². The maximum Gasteiger partial charge on any atom is 0.335 e. The largest absolute Gasteiger partial charge is 0.488 e. The van der Waals surface area contributed by atoms with Gasteiger partial charge in [0.1, 0.15) is 53.8 Å². The minimum absolute atomic E-state index is 0.0386. The van der Waals surface area contributed by atoms with Gasteiger partial charge in [0.15, 0.2) is 5.78 Å². The van der Waals surface area contributed by atoms with E-state index in [4.69, 9.17) is 32.7 Å². The standard InChI is InChI=1S/C26H21ClF2N2O3.C18H15ClF2O3/c1-15-3-7-24(31(15)21-10-17(26(32)33)9-20(13-21)30-2)22-11-18(27)5-8-25(22)34-14-16-4-6-19(28)12-23(16)29;1-11(22)2-6-17(23)15-8-13(19)4-7-18(15)24-10-12-3-5-14(20)9-16(12)21/h3-13,30H,14H2,1-2H3,(H,32,33);3-5,7-9H,2,6,10H2,1H3. The molecule has 2 N–H and O–H groups in total. The highest BCUT2D eigenvalue weighted by Crippen LogP contribution is 2.37. The van der Waals surface area contributed by atoms with Crippen molar-refractivity contribution in [3.05, 3.63) is 164 Å². The smallest absolute Gasteiger partial charge is 0.335 e. The Kier molecular flexibility index (Phi) is 14.4. The Balaban J connectivity index is 0.000000235. The fraction of sp³-hybridized carbons (Fsp3) is 0.159. The van der Waals surface area contributed by atoms with Crippen LogP contribution < -0.4 is 14.8 Å². The highest BCUT2D eigenvalue weighted by Gasteiger charge is 2.19. The third-order valence-corrected chi connectivity index (χ3v) is 9.22. The summed E-state index contributed by atoms with van der Waals surface area (Å²) in [6.45, 7) is 3.02. The van der Waals surface area contributed by atoms with E-state index in [-0.39, 0.29) is 65.6 Å². The molecule has 0 aliphatic rings. The van der Waals surface area contributed by atoms with Crippen LogP contribution in [0.2, 0.25) is 10.0 Å². The topological polar surface area (TPSA) is 107 Å². The Hall–Kier alpha value is -6.11. The Morgan fingerprint density at radius 1 is 0.707 bits per heavy atom. The SMILES string of the molecule is CC(=O)CCC(=O)c1cc(Cl)ccc1OCc1ccc(F)cc1F.CNc1cc(C(=O)O)cc(-n2c(C)ccc2-c2cc(Cl)ccc2OCc2ccc(F)cc2F)c1. The van der Waals surface area contributed by atoms with Gasteiger partial charge in [0, 0.05) is 75.8 Å². The van der Waals surface area contributed by atoms with Gasteiger partial charge in [-0.3, -0.25) is 4.79 Å². The third kappa shape index (κ3) is 11.0. The van der Waals surface area contributed by atoms with Crippen molar-refractivity contribution in [1.29, 1.82) is 0 Å². The number of anilines is 1. The number of hydrogen-bond acceptors (Lipinski definition) is 6. The summed E-state index contributed by atoms with van der Waals surface area (Å²) in [6.07, 6.45) is 0.161. The molecule has 0 spiro atoms. The van der Waals surface area contributed by atoms with Crippen LogP contribution >= 0.6 is 23.2 Å². The second kappa shape index (κ2) is 19.4. The number of aryl methyl sites for hydroxylation is 1. The third-order valence-electron chi connectivity index (χ3n) is 8.75. The van der Waals surface area contributed by atoms with E-state index in [1.165, 1.54) is 37.3 Å². The summed E-state index contributed by atoms with van der Waals surface area (Å²) < 4.78 is 67.2. The number of aromatic carboxylic acids is 1. The highest BCUT2D eigenvalue weighted by atomic mass is 35.5. The van der Waals surface area contributed by atoms with Crippen molar-refractivity contribution < 1.29 is 46.5 Å². The van der Waals surface area contributed by atoms with Crippen molar-refractivity contribution in [2.75, 3.05) is 12.4 Å². The van der Waals surface area contributed by atoms with Gasteiger partial charge < -0.3 is 29.3 Å². The van der Waals surface area contributed by atoms with Gasteiger partial charge in [0.05, 0.1) is 16.8 Å². The van der Waals surface area contributed by atoms with Gasteiger partial charge in [-0.05, 0) is 105 Å². The van der Waals surface area contributed by atoms with Crippen molar-refractivity contribution in [2.45, 2.75) is 39.9 Å². The first-order valence-electron chi connectivity index (χ1n) is 17.6. The van der Waals surface area contributed by atoms with Crippen molar-refractivity contribution >= 4 is 46.4 Å². The van der Waals surface area contributed by atoms with Crippen LogP contribution in [0.3, 0.4) is 0 Å². The Morgan fingerprint density at radius 2 is 1.29 bits per heavy atom. The molecular weight excluding hydrogens is 799 g/mol. The zero-order valence-corrected chi connectivity index (χ0v) is 32.9. The number of carbonyl (C=O) groups is 3. The maximum atomic E-state index is 14.1. The van der Waals surface area contributed by atoms with Crippen LogP contribution in [0, 0.1) is 30.2 Å². The first-order valence-corrected chi connectivity index (χ1v) is 18.4. The summed E-state index contributed by atoms with van der Waals surface area (Å²) in [5.74, 6) is -3.52. The number of Topliss-reactive ketones (excluding diaryl/α,β-unsaturated/α-hetero) is 2. The normalized spacial score (nSPS) is 10.7. The van der Waals surface area contributed by atoms with E-state index >= 15 is 0 Å². The first kappa shape index (κ1) is 43.0. The molecule has 300 valence electrons. The second-order valence-electron chi connectivity index (χ2n) is 13.0. The lowest BCUT2D eigenvalue weighted by molar-refractivity contribution is -0.117. The lowest BCUT2D eigenvalue weighted by Crippen LogP contribution is -2.07. The molecule has 0 amide bonds. The monoisotopic (exact) mass is 834 g/mol. The van der Waals surface area contributed by atoms with Crippen LogP contribution in [-0.4, -0.2) is 34.3 Å². The quantitative estimate of drug-likeness (QED) is 0.0831. The molecule has 6 rings (SSSR count). The number of ketones is 2. The molecule has 0 aliphatic heterocycles. The van der Waals surface area contributed by atoms with Gasteiger partial charge >= 0.3 is 5.97 Å². The van der Waals surface area contributed by atoms with E-state index in [1.807, 2.05) is 29.7 Å². The number of hydrogen-bond donors (Lipinski definition) is 2. The summed E-state index contributed by atoms with van der Waals surface area (Å²) in [4.78, 5) is 34.9. The molecular formula is C44H36Cl2F4N2O6. The summed E-state index contributed by atoms with van der Waals surface area (Å²) in [5.41, 5.74) is 4.21. The van der Waals surface area contributed by atoms with E-state index < -0.39 is 29.2 Å². The van der Waals surface area contributed by atoms with E-state index in [9.17, 15) is 37.1 Å². The molecule has 0 radical (unpaired) electrons. The fourth-order valence-corrected chi connectivity index (χ4v) is 6.13. The summed E-state index contributed by atoms with van der Waals surface area (Å²) >= 11 is 12.2. The van der Waals surface area contributed by atoms with Crippen LogP contribution in [0.4, 0.5) is 23.2 Å². The minimum Gasteiger partial charge on any atom is -0.488 e.